The minimum Gasteiger partial charge on any atom is -0.488 e. The Morgan fingerprint density at radius 3 is 2.70 bits per heavy atom. The van der Waals surface area contributed by atoms with Crippen molar-refractivity contribution in [1.82, 2.24) is 0 Å². The lowest BCUT2D eigenvalue weighted by Gasteiger charge is -2.14. The van der Waals surface area contributed by atoms with Gasteiger partial charge < -0.3 is 9.47 Å². The topological polar surface area (TPSA) is 47.6 Å². The van der Waals surface area contributed by atoms with Crippen LogP contribution in [0.1, 0.15) is 23.6 Å². The molecule has 1 N–H and O–H groups in total. The smallest absolute Gasteiger partial charge is 0.411 e. The van der Waals surface area contributed by atoms with Crippen molar-refractivity contribution in [2.24, 2.45) is 0 Å². The van der Waals surface area contributed by atoms with Gasteiger partial charge in [0.05, 0.1) is 12.3 Å². The summed E-state index contributed by atoms with van der Waals surface area (Å²) in [5, 5.41) is 2.53. The number of ether oxygens (including phenoxy) is 2. The fraction of sp³-hybridized carbons (Fsp3) is 0.278. The molecule has 23 heavy (non-hydrogen) atoms. The number of rotatable bonds is 5. The Balaban J connectivity index is 2.16. The van der Waals surface area contributed by atoms with Crippen LogP contribution in [0.2, 0.25) is 0 Å². The van der Waals surface area contributed by atoms with Gasteiger partial charge in [0, 0.05) is 5.56 Å². The molecule has 0 aliphatic heterocycles. The molecule has 0 saturated heterocycles. The van der Waals surface area contributed by atoms with Gasteiger partial charge in [-0.25, -0.2) is 9.18 Å². The third-order valence-electron chi connectivity index (χ3n) is 3.33. The molecule has 0 spiro atoms. The van der Waals surface area contributed by atoms with Gasteiger partial charge in [0.25, 0.3) is 0 Å². The molecule has 2 aromatic carbocycles. The number of anilines is 1. The highest BCUT2D eigenvalue weighted by atomic mass is 19.1. The fourth-order valence-electron chi connectivity index (χ4n) is 2.21. The monoisotopic (exact) mass is 317 g/mol. The normalized spacial score (nSPS) is 10.3. The van der Waals surface area contributed by atoms with E-state index < -0.39 is 11.9 Å². The second-order valence-corrected chi connectivity index (χ2v) is 5.17. The van der Waals surface area contributed by atoms with Crippen LogP contribution < -0.4 is 10.1 Å². The van der Waals surface area contributed by atoms with Crippen LogP contribution in [0.25, 0.3) is 0 Å². The molecular formula is C18H20FNO3. The van der Waals surface area contributed by atoms with E-state index in [2.05, 4.69) is 5.32 Å². The summed E-state index contributed by atoms with van der Waals surface area (Å²) in [4.78, 5) is 11.5. The number of hydrogen-bond donors (Lipinski definition) is 1. The summed E-state index contributed by atoms with van der Waals surface area (Å²) >= 11 is 0. The maximum Gasteiger partial charge on any atom is 0.411 e. The molecule has 0 unspecified atom stereocenters. The van der Waals surface area contributed by atoms with Gasteiger partial charge in [0.1, 0.15) is 18.2 Å². The molecule has 0 saturated carbocycles. The Labute approximate surface area is 135 Å². The van der Waals surface area contributed by atoms with Crippen molar-refractivity contribution in [1.29, 1.82) is 0 Å². The lowest BCUT2D eigenvalue weighted by Crippen LogP contribution is -2.15. The lowest BCUT2D eigenvalue weighted by molar-refractivity contribution is 0.168. The number of amides is 1. The first kappa shape index (κ1) is 16.8. The van der Waals surface area contributed by atoms with E-state index in [9.17, 15) is 9.18 Å². The van der Waals surface area contributed by atoms with Gasteiger partial charge in [0.15, 0.2) is 0 Å². The van der Waals surface area contributed by atoms with E-state index in [1.807, 2.05) is 32.0 Å². The van der Waals surface area contributed by atoms with Crippen LogP contribution in [0.4, 0.5) is 14.9 Å². The first-order valence-corrected chi connectivity index (χ1v) is 7.42. The van der Waals surface area contributed by atoms with Crippen molar-refractivity contribution < 1.29 is 18.7 Å². The van der Waals surface area contributed by atoms with Gasteiger partial charge in [0.2, 0.25) is 0 Å². The van der Waals surface area contributed by atoms with E-state index in [1.54, 1.807) is 13.0 Å². The number of halogens is 1. The maximum atomic E-state index is 14.1. The maximum absolute atomic E-state index is 14.1. The number of hydrogen-bond acceptors (Lipinski definition) is 3. The van der Waals surface area contributed by atoms with E-state index >= 15 is 0 Å². The molecule has 0 atom stereocenters. The Morgan fingerprint density at radius 1 is 1.22 bits per heavy atom. The van der Waals surface area contributed by atoms with E-state index in [0.717, 1.165) is 11.1 Å². The number of benzene rings is 2. The zero-order valence-corrected chi connectivity index (χ0v) is 13.5. The summed E-state index contributed by atoms with van der Waals surface area (Å²) in [5.41, 5.74) is 2.72. The Hall–Kier alpha value is -2.56. The molecule has 0 fully saturated rings. The second kappa shape index (κ2) is 7.63. The molecule has 2 rings (SSSR count). The third-order valence-corrected chi connectivity index (χ3v) is 3.33. The quantitative estimate of drug-likeness (QED) is 0.877. The van der Waals surface area contributed by atoms with Gasteiger partial charge >= 0.3 is 6.09 Å². The zero-order chi connectivity index (χ0) is 16.8. The van der Waals surface area contributed by atoms with Crippen molar-refractivity contribution in [2.75, 3.05) is 11.9 Å². The van der Waals surface area contributed by atoms with Crippen molar-refractivity contribution in [3.05, 3.63) is 58.9 Å². The van der Waals surface area contributed by atoms with Gasteiger partial charge in [-0.15, -0.1) is 0 Å². The first-order chi connectivity index (χ1) is 11.0. The van der Waals surface area contributed by atoms with Crippen LogP contribution in [-0.4, -0.2) is 12.7 Å². The minimum absolute atomic E-state index is 0.0122. The van der Waals surface area contributed by atoms with Gasteiger partial charge in [-0.05, 0) is 44.5 Å². The highest BCUT2D eigenvalue weighted by Gasteiger charge is 2.13. The molecule has 0 bridgehead atoms. The van der Waals surface area contributed by atoms with Crippen LogP contribution in [-0.2, 0) is 11.3 Å². The van der Waals surface area contributed by atoms with Crippen molar-refractivity contribution in [2.45, 2.75) is 27.4 Å². The average Bonchev–Trinajstić information content (AvgIpc) is 2.48. The summed E-state index contributed by atoms with van der Waals surface area (Å²) in [6.07, 6.45) is -0.620. The highest BCUT2D eigenvalue weighted by Crippen LogP contribution is 2.24. The van der Waals surface area contributed by atoms with Crippen LogP contribution in [0.5, 0.6) is 5.75 Å². The summed E-state index contributed by atoms with van der Waals surface area (Å²) < 4.78 is 24.6. The number of carbonyl (C=O) groups excluding carboxylic acids is 1. The van der Waals surface area contributed by atoms with Gasteiger partial charge in [-0.1, -0.05) is 23.8 Å². The Bertz CT molecular complexity index is 701. The zero-order valence-electron chi connectivity index (χ0n) is 13.5. The molecule has 0 aliphatic carbocycles. The molecule has 4 nitrogen and oxygen atoms in total. The van der Waals surface area contributed by atoms with Gasteiger partial charge in [-0.3, -0.25) is 5.32 Å². The number of carbonyl (C=O) groups is 1. The fourth-order valence-corrected chi connectivity index (χ4v) is 2.21. The van der Waals surface area contributed by atoms with Crippen molar-refractivity contribution >= 4 is 11.8 Å². The molecule has 2 aromatic rings. The summed E-state index contributed by atoms with van der Waals surface area (Å²) in [6, 6.07) is 10.2. The average molecular weight is 317 g/mol. The standard InChI is InChI=1S/C18H20FNO3/c1-4-22-18(21)20-16-7-5-6-15(19)14(16)11-23-17-9-8-12(2)10-13(17)3/h5-10H,4,11H2,1-3H3,(H,20,21). The summed E-state index contributed by atoms with van der Waals surface area (Å²) in [5.74, 6) is 0.241. The van der Waals surface area contributed by atoms with Crippen molar-refractivity contribution in [3.8, 4) is 5.75 Å². The van der Waals surface area contributed by atoms with Crippen LogP contribution in [0.3, 0.4) is 0 Å². The molecule has 0 aromatic heterocycles. The molecule has 0 radical (unpaired) electrons. The number of nitrogens with one attached hydrogen (secondary N) is 1. The third kappa shape index (κ3) is 4.45. The molecule has 0 aliphatic rings. The van der Waals surface area contributed by atoms with E-state index in [1.165, 1.54) is 12.1 Å². The Kier molecular flexibility index (Phi) is 5.57. The van der Waals surface area contributed by atoms with Crippen LogP contribution in [0, 0.1) is 19.7 Å². The second-order valence-electron chi connectivity index (χ2n) is 5.17. The predicted octanol–water partition coefficient (Wildman–Crippen LogP) is 4.59. The van der Waals surface area contributed by atoms with Gasteiger partial charge in [-0.2, -0.15) is 0 Å². The van der Waals surface area contributed by atoms with E-state index in [-0.39, 0.29) is 18.8 Å². The van der Waals surface area contributed by atoms with Crippen LogP contribution >= 0.6 is 0 Å². The Morgan fingerprint density at radius 2 is 2.00 bits per heavy atom. The predicted molar refractivity (Wildman–Crippen MR) is 87.3 cm³/mol. The summed E-state index contributed by atoms with van der Waals surface area (Å²) in [6.45, 7) is 5.89. The minimum atomic E-state index is -0.620. The molecule has 5 heteroatoms. The molecule has 1 amide bonds. The molecule has 0 heterocycles. The largest absolute Gasteiger partial charge is 0.488 e. The van der Waals surface area contributed by atoms with E-state index in [4.69, 9.17) is 9.47 Å². The SMILES string of the molecule is CCOC(=O)Nc1cccc(F)c1COc1ccc(C)cc1C. The number of aryl methyl sites for hydroxylation is 2. The first-order valence-electron chi connectivity index (χ1n) is 7.42. The highest BCUT2D eigenvalue weighted by molar-refractivity contribution is 5.85. The molecular weight excluding hydrogens is 297 g/mol. The van der Waals surface area contributed by atoms with E-state index in [0.29, 0.717) is 11.4 Å². The van der Waals surface area contributed by atoms with Crippen LogP contribution in [0.15, 0.2) is 36.4 Å². The lowest BCUT2D eigenvalue weighted by atomic mass is 10.1. The summed E-state index contributed by atoms with van der Waals surface area (Å²) in [7, 11) is 0. The molecule has 122 valence electrons. The van der Waals surface area contributed by atoms with Crippen molar-refractivity contribution in [3.63, 3.8) is 0 Å².